The first kappa shape index (κ1) is 14.3. The number of benzene rings is 1. The molecular formula is C17H18N4O. The SMILES string of the molecule is Cc1cc(C(=O)Nc2c(C)nn(C)c2C)c2ccccc2n1. The highest BCUT2D eigenvalue weighted by molar-refractivity contribution is 6.12. The van der Waals surface area contributed by atoms with Crippen molar-refractivity contribution in [1.82, 2.24) is 14.8 Å². The van der Waals surface area contributed by atoms with Crippen molar-refractivity contribution < 1.29 is 4.79 Å². The first-order valence-corrected chi connectivity index (χ1v) is 7.15. The number of aromatic nitrogens is 3. The van der Waals surface area contributed by atoms with Gasteiger partial charge in [0.05, 0.1) is 28.2 Å². The highest BCUT2D eigenvalue weighted by Crippen LogP contribution is 2.22. The molecule has 0 saturated carbocycles. The fourth-order valence-electron chi connectivity index (χ4n) is 2.63. The summed E-state index contributed by atoms with van der Waals surface area (Å²) in [6.45, 7) is 5.72. The lowest BCUT2D eigenvalue weighted by molar-refractivity contribution is 0.102. The van der Waals surface area contributed by atoms with E-state index < -0.39 is 0 Å². The zero-order chi connectivity index (χ0) is 15.9. The molecule has 0 spiro atoms. The van der Waals surface area contributed by atoms with Gasteiger partial charge < -0.3 is 5.32 Å². The van der Waals surface area contributed by atoms with Crippen LogP contribution in [0.3, 0.4) is 0 Å². The maximum Gasteiger partial charge on any atom is 0.256 e. The third-order valence-corrected chi connectivity index (χ3v) is 3.84. The molecule has 0 aliphatic carbocycles. The average molecular weight is 294 g/mol. The molecule has 5 heteroatoms. The Morgan fingerprint density at radius 3 is 2.59 bits per heavy atom. The number of rotatable bonds is 2. The third kappa shape index (κ3) is 2.35. The lowest BCUT2D eigenvalue weighted by atomic mass is 10.1. The van der Waals surface area contributed by atoms with Gasteiger partial charge in [0.1, 0.15) is 0 Å². The minimum absolute atomic E-state index is 0.138. The van der Waals surface area contributed by atoms with Crippen LogP contribution < -0.4 is 5.32 Å². The van der Waals surface area contributed by atoms with Crippen molar-refractivity contribution in [1.29, 1.82) is 0 Å². The molecule has 2 aromatic heterocycles. The molecule has 22 heavy (non-hydrogen) atoms. The molecule has 3 rings (SSSR count). The average Bonchev–Trinajstić information content (AvgIpc) is 2.72. The predicted octanol–water partition coefficient (Wildman–Crippen LogP) is 3.15. The molecule has 0 atom stereocenters. The molecule has 0 radical (unpaired) electrons. The van der Waals surface area contributed by atoms with Crippen molar-refractivity contribution in [2.24, 2.45) is 7.05 Å². The lowest BCUT2D eigenvalue weighted by Gasteiger charge is -2.09. The Morgan fingerprint density at radius 1 is 1.18 bits per heavy atom. The van der Waals surface area contributed by atoms with Crippen LogP contribution >= 0.6 is 0 Å². The van der Waals surface area contributed by atoms with E-state index >= 15 is 0 Å². The topological polar surface area (TPSA) is 59.8 Å². The summed E-state index contributed by atoms with van der Waals surface area (Å²) in [5.74, 6) is -0.138. The van der Waals surface area contributed by atoms with Crippen molar-refractivity contribution in [3.05, 3.63) is 53.0 Å². The van der Waals surface area contributed by atoms with Crippen molar-refractivity contribution in [3.63, 3.8) is 0 Å². The number of carbonyl (C=O) groups is 1. The quantitative estimate of drug-likeness (QED) is 0.790. The second kappa shape index (κ2) is 5.26. The van der Waals surface area contributed by atoms with Gasteiger partial charge in [-0.3, -0.25) is 14.5 Å². The van der Waals surface area contributed by atoms with Gasteiger partial charge >= 0.3 is 0 Å². The molecule has 1 aromatic carbocycles. The first-order valence-electron chi connectivity index (χ1n) is 7.15. The Hall–Kier alpha value is -2.69. The summed E-state index contributed by atoms with van der Waals surface area (Å²) in [5.41, 5.74) is 4.79. The highest BCUT2D eigenvalue weighted by Gasteiger charge is 2.16. The van der Waals surface area contributed by atoms with Crippen LogP contribution in [0.5, 0.6) is 0 Å². The van der Waals surface area contributed by atoms with Gasteiger partial charge in [0.2, 0.25) is 0 Å². The van der Waals surface area contributed by atoms with Crippen LogP contribution in [0.2, 0.25) is 0 Å². The van der Waals surface area contributed by atoms with Gasteiger partial charge in [-0.15, -0.1) is 0 Å². The molecule has 0 unspecified atom stereocenters. The van der Waals surface area contributed by atoms with Crippen LogP contribution in [-0.4, -0.2) is 20.7 Å². The van der Waals surface area contributed by atoms with E-state index in [1.807, 2.05) is 58.2 Å². The second-order valence-electron chi connectivity index (χ2n) is 5.45. The number of pyridine rings is 1. The number of carbonyl (C=O) groups excluding carboxylic acids is 1. The Morgan fingerprint density at radius 2 is 1.91 bits per heavy atom. The van der Waals surface area contributed by atoms with E-state index in [0.717, 1.165) is 33.7 Å². The maximum absolute atomic E-state index is 12.7. The van der Waals surface area contributed by atoms with Crippen molar-refractivity contribution >= 4 is 22.5 Å². The summed E-state index contributed by atoms with van der Waals surface area (Å²) in [5, 5.41) is 8.16. The zero-order valence-corrected chi connectivity index (χ0v) is 13.1. The number of fused-ring (bicyclic) bond motifs is 1. The minimum Gasteiger partial charge on any atom is -0.319 e. The Labute approximate surface area is 129 Å². The number of para-hydroxylation sites is 1. The molecule has 5 nitrogen and oxygen atoms in total. The summed E-state index contributed by atoms with van der Waals surface area (Å²) in [7, 11) is 1.87. The lowest BCUT2D eigenvalue weighted by Crippen LogP contribution is -2.14. The Balaban J connectivity index is 2.06. The number of amides is 1. The van der Waals surface area contributed by atoms with Crippen molar-refractivity contribution in [3.8, 4) is 0 Å². The zero-order valence-electron chi connectivity index (χ0n) is 13.1. The van der Waals surface area contributed by atoms with Gasteiger partial charge in [0.15, 0.2) is 0 Å². The van der Waals surface area contributed by atoms with Gasteiger partial charge in [-0.2, -0.15) is 5.10 Å². The van der Waals surface area contributed by atoms with E-state index in [4.69, 9.17) is 0 Å². The largest absolute Gasteiger partial charge is 0.319 e. The first-order chi connectivity index (χ1) is 10.5. The summed E-state index contributed by atoms with van der Waals surface area (Å²) < 4.78 is 1.76. The van der Waals surface area contributed by atoms with Crippen molar-refractivity contribution in [2.75, 3.05) is 5.32 Å². The molecule has 0 fully saturated rings. The Bertz CT molecular complexity index is 880. The molecule has 0 aliphatic heterocycles. The van der Waals surface area contributed by atoms with Crippen LogP contribution in [0.4, 0.5) is 5.69 Å². The minimum atomic E-state index is -0.138. The number of hydrogen-bond donors (Lipinski definition) is 1. The number of nitrogens with zero attached hydrogens (tertiary/aromatic N) is 3. The van der Waals surface area contributed by atoms with E-state index in [1.54, 1.807) is 4.68 Å². The fourth-order valence-corrected chi connectivity index (χ4v) is 2.63. The van der Waals surface area contributed by atoms with E-state index in [0.29, 0.717) is 5.56 Å². The van der Waals surface area contributed by atoms with Gasteiger partial charge in [-0.1, -0.05) is 18.2 Å². The monoisotopic (exact) mass is 294 g/mol. The summed E-state index contributed by atoms with van der Waals surface area (Å²) >= 11 is 0. The van der Waals surface area contributed by atoms with E-state index in [1.165, 1.54) is 0 Å². The smallest absolute Gasteiger partial charge is 0.256 e. The van der Waals surface area contributed by atoms with Gasteiger partial charge in [-0.05, 0) is 32.9 Å². The molecule has 2 heterocycles. The number of hydrogen-bond acceptors (Lipinski definition) is 3. The van der Waals surface area contributed by atoms with E-state index in [-0.39, 0.29) is 5.91 Å². The Kier molecular flexibility index (Phi) is 3.41. The number of anilines is 1. The third-order valence-electron chi connectivity index (χ3n) is 3.84. The standard InChI is InChI=1S/C17H18N4O/c1-10-9-14(13-7-5-6-8-15(13)18-10)17(22)19-16-11(2)20-21(4)12(16)3/h5-9H,1-4H3,(H,19,22). The van der Waals surface area contributed by atoms with E-state index in [2.05, 4.69) is 15.4 Å². The summed E-state index contributed by atoms with van der Waals surface area (Å²) in [4.78, 5) is 17.2. The maximum atomic E-state index is 12.7. The van der Waals surface area contributed by atoms with E-state index in [9.17, 15) is 4.79 Å². The molecular weight excluding hydrogens is 276 g/mol. The molecule has 0 bridgehead atoms. The van der Waals surface area contributed by atoms with Crippen LogP contribution in [0.15, 0.2) is 30.3 Å². The van der Waals surface area contributed by atoms with Crippen molar-refractivity contribution in [2.45, 2.75) is 20.8 Å². The molecule has 112 valence electrons. The molecule has 0 aliphatic rings. The second-order valence-corrected chi connectivity index (χ2v) is 5.45. The molecule has 0 saturated heterocycles. The molecule has 1 amide bonds. The number of nitrogens with one attached hydrogen (secondary N) is 1. The normalized spacial score (nSPS) is 10.9. The highest BCUT2D eigenvalue weighted by atomic mass is 16.1. The van der Waals surface area contributed by atoms with Gasteiger partial charge in [0, 0.05) is 18.1 Å². The van der Waals surface area contributed by atoms with Gasteiger partial charge in [0.25, 0.3) is 5.91 Å². The van der Waals surface area contributed by atoms with Crippen LogP contribution in [-0.2, 0) is 7.05 Å². The molecule has 1 N–H and O–H groups in total. The van der Waals surface area contributed by atoms with Gasteiger partial charge in [-0.25, -0.2) is 0 Å². The predicted molar refractivity (Wildman–Crippen MR) is 87.1 cm³/mol. The van der Waals surface area contributed by atoms with Crippen LogP contribution in [0, 0.1) is 20.8 Å². The van der Waals surface area contributed by atoms with Crippen LogP contribution in [0.25, 0.3) is 10.9 Å². The number of aryl methyl sites for hydroxylation is 3. The molecule has 3 aromatic rings. The summed E-state index contributed by atoms with van der Waals surface area (Å²) in [6, 6.07) is 9.49. The fraction of sp³-hybridized carbons (Fsp3) is 0.235. The van der Waals surface area contributed by atoms with Crippen LogP contribution in [0.1, 0.15) is 27.4 Å². The summed E-state index contributed by atoms with van der Waals surface area (Å²) in [6.07, 6.45) is 0.